The number of fused-ring (bicyclic) bond motifs is 1. The van der Waals surface area contributed by atoms with E-state index in [-0.39, 0.29) is 6.61 Å². The number of para-hydroxylation sites is 1. The van der Waals surface area contributed by atoms with Crippen LogP contribution in [0.15, 0.2) is 48.5 Å². The van der Waals surface area contributed by atoms with Crippen molar-refractivity contribution in [2.45, 2.75) is 50.0 Å². The third kappa shape index (κ3) is 3.83. The van der Waals surface area contributed by atoms with E-state index >= 15 is 0 Å². The van der Waals surface area contributed by atoms with Crippen molar-refractivity contribution in [1.29, 1.82) is 0 Å². The Hall–Kier alpha value is -2.11. The molecule has 4 saturated carbocycles. The van der Waals surface area contributed by atoms with Gasteiger partial charge in [-0.1, -0.05) is 35.6 Å². The van der Waals surface area contributed by atoms with Crippen LogP contribution in [0.4, 0.5) is 5.13 Å². The molecule has 5 heteroatoms. The highest BCUT2D eigenvalue weighted by molar-refractivity contribution is 7.22. The number of nitrogens with zero attached hydrogens (tertiary/aromatic N) is 1. The average molecular weight is 435 g/mol. The molecule has 1 heterocycles. The number of ether oxygens (including phenoxy) is 1. The van der Waals surface area contributed by atoms with Gasteiger partial charge < -0.3 is 15.2 Å². The number of benzene rings is 2. The zero-order valence-electron chi connectivity index (χ0n) is 17.8. The quantitative estimate of drug-likeness (QED) is 0.507. The van der Waals surface area contributed by atoms with E-state index in [4.69, 9.17) is 4.74 Å². The number of hydrogen-bond acceptors (Lipinski definition) is 5. The third-order valence-corrected chi connectivity index (χ3v) is 8.72. The van der Waals surface area contributed by atoms with E-state index < -0.39 is 6.10 Å². The molecule has 1 atom stereocenters. The zero-order chi connectivity index (χ0) is 20.8. The Kier molecular flexibility index (Phi) is 4.91. The lowest BCUT2D eigenvalue weighted by Gasteiger charge is -2.57. The minimum atomic E-state index is -0.588. The monoisotopic (exact) mass is 434 g/mol. The smallest absolute Gasteiger partial charge is 0.183 e. The van der Waals surface area contributed by atoms with Gasteiger partial charge in [-0.05, 0) is 91.5 Å². The van der Waals surface area contributed by atoms with Crippen molar-refractivity contribution in [1.82, 2.24) is 4.98 Å². The van der Waals surface area contributed by atoms with Crippen LogP contribution in [0.1, 0.15) is 44.1 Å². The van der Waals surface area contributed by atoms with Gasteiger partial charge in [-0.3, -0.25) is 0 Å². The van der Waals surface area contributed by atoms with Crippen molar-refractivity contribution >= 4 is 26.7 Å². The molecule has 4 aliphatic carbocycles. The molecule has 4 fully saturated rings. The Morgan fingerprint density at radius 1 is 1.00 bits per heavy atom. The fraction of sp³-hybridized carbons (Fsp3) is 0.500. The van der Waals surface area contributed by atoms with E-state index in [1.165, 1.54) is 44.1 Å². The van der Waals surface area contributed by atoms with Crippen LogP contribution < -0.4 is 10.1 Å². The van der Waals surface area contributed by atoms with Gasteiger partial charge in [-0.2, -0.15) is 0 Å². The predicted molar refractivity (Wildman–Crippen MR) is 126 cm³/mol. The van der Waals surface area contributed by atoms with Crippen LogP contribution in [0.25, 0.3) is 10.2 Å². The van der Waals surface area contributed by atoms with E-state index in [9.17, 15) is 5.11 Å². The zero-order valence-corrected chi connectivity index (χ0v) is 18.6. The van der Waals surface area contributed by atoms with Crippen LogP contribution in [0, 0.1) is 17.8 Å². The van der Waals surface area contributed by atoms with Gasteiger partial charge in [0, 0.05) is 6.54 Å². The van der Waals surface area contributed by atoms with Gasteiger partial charge in [-0.15, -0.1) is 0 Å². The maximum atomic E-state index is 10.3. The van der Waals surface area contributed by atoms with Crippen LogP contribution in [-0.2, 0) is 5.41 Å². The summed E-state index contributed by atoms with van der Waals surface area (Å²) in [6.07, 6.45) is 7.99. The molecule has 0 aliphatic heterocycles. The van der Waals surface area contributed by atoms with Crippen molar-refractivity contribution in [3.8, 4) is 5.75 Å². The Morgan fingerprint density at radius 3 is 2.35 bits per heavy atom. The second-order valence-corrected chi connectivity index (χ2v) is 11.1. The van der Waals surface area contributed by atoms with E-state index in [1.807, 2.05) is 18.2 Å². The van der Waals surface area contributed by atoms with Gasteiger partial charge in [-0.25, -0.2) is 4.98 Å². The van der Waals surface area contributed by atoms with E-state index in [2.05, 4.69) is 40.6 Å². The molecule has 1 aromatic heterocycles. The topological polar surface area (TPSA) is 54.4 Å². The van der Waals surface area contributed by atoms with Crippen molar-refractivity contribution in [3.05, 3.63) is 54.1 Å². The highest BCUT2D eigenvalue weighted by atomic mass is 32.1. The second-order valence-electron chi connectivity index (χ2n) is 10.1. The summed E-state index contributed by atoms with van der Waals surface area (Å²) in [5.41, 5.74) is 2.92. The van der Waals surface area contributed by atoms with Crippen molar-refractivity contribution in [3.63, 3.8) is 0 Å². The molecule has 4 aliphatic rings. The standard InChI is InChI=1S/C26H30N2O2S/c29-21(15-27-25-28-23-3-1-2-4-24(23)31-25)16-30-22-7-5-20(6-8-22)26-12-17-9-18(13-26)11-19(10-17)14-26/h1-8,17-19,21,29H,9-16H2,(H,27,28). The van der Waals surface area contributed by atoms with Gasteiger partial charge >= 0.3 is 0 Å². The van der Waals surface area contributed by atoms with Crippen molar-refractivity contribution in [2.75, 3.05) is 18.5 Å². The molecule has 0 amide bonds. The fourth-order valence-electron chi connectivity index (χ4n) is 6.77. The number of hydrogen-bond donors (Lipinski definition) is 2. The van der Waals surface area contributed by atoms with E-state index in [1.54, 1.807) is 11.3 Å². The summed E-state index contributed by atoms with van der Waals surface area (Å²) in [5.74, 6) is 3.72. The largest absolute Gasteiger partial charge is 0.491 e. The molecule has 2 aromatic carbocycles. The minimum absolute atomic E-state index is 0.272. The predicted octanol–water partition coefficient (Wildman–Crippen LogP) is 5.62. The van der Waals surface area contributed by atoms with Gasteiger partial charge in [0.1, 0.15) is 18.5 Å². The lowest BCUT2D eigenvalue weighted by atomic mass is 9.48. The van der Waals surface area contributed by atoms with Crippen molar-refractivity contribution in [2.24, 2.45) is 17.8 Å². The molecule has 0 radical (unpaired) electrons. The summed E-state index contributed by atoms with van der Waals surface area (Å²) in [6.45, 7) is 0.694. The molecule has 162 valence electrons. The SMILES string of the molecule is OC(CNc1nc2ccccc2s1)COc1ccc(C23CC4CC(CC(C4)C2)C3)cc1. The summed E-state index contributed by atoms with van der Waals surface area (Å²) in [6, 6.07) is 16.8. The van der Waals surface area contributed by atoms with Crippen LogP contribution >= 0.6 is 11.3 Å². The molecule has 2 N–H and O–H groups in total. The number of thiazole rings is 1. The van der Waals surface area contributed by atoms with Crippen LogP contribution in [0.5, 0.6) is 5.75 Å². The molecule has 0 saturated heterocycles. The normalized spacial score (nSPS) is 29.9. The summed E-state index contributed by atoms with van der Waals surface area (Å²) in [5, 5.41) is 14.4. The van der Waals surface area contributed by atoms with Crippen LogP contribution in [-0.4, -0.2) is 29.3 Å². The van der Waals surface area contributed by atoms with E-state index in [0.717, 1.165) is 38.9 Å². The van der Waals surface area contributed by atoms with E-state index in [0.29, 0.717) is 12.0 Å². The molecule has 7 rings (SSSR count). The van der Waals surface area contributed by atoms with Gasteiger partial charge in [0.05, 0.1) is 10.2 Å². The maximum absolute atomic E-state index is 10.3. The highest BCUT2D eigenvalue weighted by Crippen LogP contribution is 2.60. The molecular formula is C26H30N2O2S. The van der Waals surface area contributed by atoms with Gasteiger partial charge in [0.25, 0.3) is 0 Å². The molecule has 4 bridgehead atoms. The van der Waals surface area contributed by atoms with Crippen LogP contribution in [0.2, 0.25) is 0 Å². The number of aliphatic hydroxyl groups excluding tert-OH is 1. The number of nitrogens with one attached hydrogen (secondary N) is 1. The first kappa shape index (κ1) is 19.6. The summed E-state index contributed by atoms with van der Waals surface area (Å²) >= 11 is 1.60. The maximum Gasteiger partial charge on any atom is 0.183 e. The first-order chi connectivity index (χ1) is 15.1. The molecule has 31 heavy (non-hydrogen) atoms. The fourth-order valence-corrected chi connectivity index (χ4v) is 7.65. The molecule has 0 spiro atoms. The third-order valence-electron chi connectivity index (χ3n) is 7.73. The number of aliphatic hydroxyl groups is 1. The summed E-state index contributed by atoms with van der Waals surface area (Å²) in [7, 11) is 0. The lowest BCUT2D eigenvalue weighted by molar-refractivity contribution is -0.00521. The molecule has 1 unspecified atom stereocenters. The van der Waals surface area contributed by atoms with Gasteiger partial charge in [0.2, 0.25) is 0 Å². The Balaban J connectivity index is 1.04. The summed E-state index contributed by atoms with van der Waals surface area (Å²) < 4.78 is 7.03. The minimum Gasteiger partial charge on any atom is -0.491 e. The number of aromatic nitrogens is 1. The Morgan fingerprint density at radius 2 is 1.68 bits per heavy atom. The molecule has 4 nitrogen and oxygen atoms in total. The van der Waals surface area contributed by atoms with Crippen molar-refractivity contribution < 1.29 is 9.84 Å². The molecule has 3 aromatic rings. The first-order valence-corrected chi connectivity index (χ1v) is 12.5. The highest BCUT2D eigenvalue weighted by Gasteiger charge is 2.51. The number of rotatable bonds is 7. The average Bonchev–Trinajstić information content (AvgIpc) is 3.19. The lowest BCUT2D eigenvalue weighted by Crippen LogP contribution is -2.48. The molecular weight excluding hydrogens is 404 g/mol. The van der Waals surface area contributed by atoms with Crippen LogP contribution in [0.3, 0.4) is 0 Å². The Bertz CT molecular complexity index is 992. The van der Waals surface area contributed by atoms with Gasteiger partial charge in [0.15, 0.2) is 5.13 Å². The Labute approximate surface area is 187 Å². The summed E-state index contributed by atoms with van der Waals surface area (Å²) in [4.78, 5) is 4.55. The first-order valence-electron chi connectivity index (χ1n) is 11.7. The second kappa shape index (κ2) is 7.79. The number of anilines is 1.